The molecule has 3 fully saturated rings. The average molecular weight is 415 g/mol. The summed E-state index contributed by atoms with van der Waals surface area (Å²) in [6.07, 6.45) is 7.27. The number of ether oxygens (including phenoxy) is 1. The summed E-state index contributed by atoms with van der Waals surface area (Å²) in [5.74, 6) is 1.69. The molecular formula is C22H17N5O4. The minimum absolute atomic E-state index is 0.0359. The van der Waals surface area contributed by atoms with E-state index in [0.717, 1.165) is 4.90 Å². The van der Waals surface area contributed by atoms with Crippen LogP contribution in [0.1, 0.15) is 12.0 Å². The lowest BCUT2D eigenvalue weighted by atomic mass is 10.1. The molecule has 9 heteroatoms. The number of likely N-dealkylation sites (tertiary alicyclic amines) is 1. The van der Waals surface area contributed by atoms with Gasteiger partial charge in [-0.3, -0.25) is 14.6 Å². The Balaban J connectivity index is 1.47. The molecule has 2 bridgehead atoms. The number of piperazine rings is 1. The molecule has 3 aliphatic rings. The minimum Gasteiger partial charge on any atom is -0.359 e. The molecule has 0 saturated carbocycles. The summed E-state index contributed by atoms with van der Waals surface area (Å²) in [6.45, 7) is 0.244. The zero-order valence-electron chi connectivity index (χ0n) is 16.4. The molecule has 0 aliphatic carbocycles. The lowest BCUT2D eigenvalue weighted by Crippen LogP contribution is -2.55. The Morgan fingerprint density at radius 3 is 2.94 bits per heavy atom. The third-order valence-electron chi connectivity index (χ3n) is 6.10. The Morgan fingerprint density at radius 2 is 2.16 bits per heavy atom. The van der Waals surface area contributed by atoms with Crippen LogP contribution in [0.3, 0.4) is 0 Å². The number of hydrogen-bond donors (Lipinski definition) is 0. The van der Waals surface area contributed by atoms with E-state index >= 15 is 0 Å². The Labute approximate surface area is 177 Å². The van der Waals surface area contributed by atoms with Crippen LogP contribution in [-0.2, 0) is 14.3 Å². The van der Waals surface area contributed by atoms with Crippen LogP contribution in [0.5, 0.6) is 0 Å². The maximum Gasteiger partial charge on any atom is 0.332 e. The topological polar surface area (TPSA) is 107 Å². The molecule has 1 aromatic carbocycles. The highest BCUT2D eigenvalue weighted by Gasteiger charge is 2.62. The van der Waals surface area contributed by atoms with Crippen LogP contribution in [0.25, 0.3) is 10.9 Å². The highest BCUT2D eigenvalue weighted by Crippen LogP contribution is 2.43. The van der Waals surface area contributed by atoms with E-state index in [1.165, 1.54) is 0 Å². The molecule has 0 N–H and O–H groups in total. The van der Waals surface area contributed by atoms with E-state index in [-0.39, 0.29) is 31.1 Å². The maximum absolute atomic E-state index is 13.4. The highest BCUT2D eigenvalue weighted by molar-refractivity contribution is 6.25. The number of benzene rings is 1. The number of urea groups is 1. The fraction of sp³-hybridized carbons (Fsp3) is 0.318. The number of aromatic nitrogens is 1. The number of imide groups is 1. The number of terminal acetylenes is 1. The van der Waals surface area contributed by atoms with E-state index in [0.29, 0.717) is 35.1 Å². The first-order chi connectivity index (χ1) is 15.1. The summed E-state index contributed by atoms with van der Waals surface area (Å²) in [5, 5.41) is 9.91. The largest absolute Gasteiger partial charge is 0.359 e. The molecule has 1 unspecified atom stereocenters. The molecule has 1 aromatic heterocycles. The SMILES string of the molecule is C#CCOCC(=O)N1C[C@H]2CC1[C@@H]1C(=O)N(c3ccc(C#N)c4ncccc34)C(=O)N21. The van der Waals surface area contributed by atoms with Gasteiger partial charge in [-0.15, -0.1) is 6.42 Å². The van der Waals surface area contributed by atoms with Crippen molar-refractivity contribution in [3.05, 3.63) is 36.0 Å². The number of anilines is 1. The predicted molar refractivity (Wildman–Crippen MR) is 109 cm³/mol. The monoisotopic (exact) mass is 415 g/mol. The molecule has 5 rings (SSSR count). The second-order valence-electron chi connectivity index (χ2n) is 7.65. The van der Waals surface area contributed by atoms with Crippen LogP contribution in [-0.4, -0.2) is 70.5 Å². The molecule has 3 atom stereocenters. The maximum atomic E-state index is 13.4. The molecule has 3 aliphatic heterocycles. The number of carbonyl (C=O) groups is 3. The molecule has 3 saturated heterocycles. The fourth-order valence-corrected chi connectivity index (χ4v) is 4.89. The fourth-order valence-electron chi connectivity index (χ4n) is 4.89. The predicted octanol–water partition coefficient (Wildman–Crippen LogP) is 0.877. The van der Waals surface area contributed by atoms with Crippen molar-refractivity contribution in [1.82, 2.24) is 14.8 Å². The smallest absolute Gasteiger partial charge is 0.332 e. The first-order valence-corrected chi connectivity index (χ1v) is 9.81. The number of fused-ring (bicyclic) bond motifs is 6. The molecule has 154 valence electrons. The zero-order valence-corrected chi connectivity index (χ0v) is 16.4. The molecule has 9 nitrogen and oxygen atoms in total. The third-order valence-corrected chi connectivity index (χ3v) is 6.10. The molecule has 4 heterocycles. The second-order valence-corrected chi connectivity index (χ2v) is 7.65. The van der Waals surface area contributed by atoms with Crippen LogP contribution in [0.4, 0.5) is 10.5 Å². The van der Waals surface area contributed by atoms with Crippen LogP contribution in [0.15, 0.2) is 30.5 Å². The summed E-state index contributed by atoms with van der Waals surface area (Å²) < 4.78 is 5.15. The number of nitriles is 1. The zero-order chi connectivity index (χ0) is 21.7. The number of pyridine rings is 1. The van der Waals surface area contributed by atoms with Crippen molar-refractivity contribution in [2.24, 2.45) is 0 Å². The summed E-state index contributed by atoms with van der Waals surface area (Å²) in [7, 11) is 0. The normalized spacial score (nSPS) is 23.9. The van der Waals surface area contributed by atoms with Crippen molar-refractivity contribution in [1.29, 1.82) is 5.26 Å². The molecule has 0 spiro atoms. The van der Waals surface area contributed by atoms with E-state index in [2.05, 4.69) is 17.0 Å². The standard InChI is InChI=1S/C22H17N5O4/c1-2-8-31-12-18(28)25-11-14-9-17(25)20-21(29)27(22(30)26(14)20)16-6-5-13(10-23)19-15(16)4-3-7-24-19/h1,3-7,14,17,20H,8-9,11-12H2/t14-,17?,20-/m1/s1. The van der Waals surface area contributed by atoms with E-state index in [1.807, 2.05) is 0 Å². The Bertz CT molecular complexity index is 1210. The summed E-state index contributed by atoms with van der Waals surface area (Å²) in [4.78, 5) is 47.8. The van der Waals surface area contributed by atoms with Crippen molar-refractivity contribution in [3.8, 4) is 18.4 Å². The number of amides is 4. The van der Waals surface area contributed by atoms with Crippen molar-refractivity contribution in [2.45, 2.75) is 24.5 Å². The molecule has 4 amide bonds. The summed E-state index contributed by atoms with van der Waals surface area (Å²) in [5.41, 5.74) is 1.18. The van der Waals surface area contributed by atoms with Gasteiger partial charge in [0, 0.05) is 18.1 Å². The van der Waals surface area contributed by atoms with Gasteiger partial charge in [-0.25, -0.2) is 9.69 Å². The van der Waals surface area contributed by atoms with Gasteiger partial charge in [0.25, 0.3) is 5.91 Å². The van der Waals surface area contributed by atoms with Gasteiger partial charge < -0.3 is 14.5 Å². The molecule has 31 heavy (non-hydrogen) atoms. The molecular weight excluding hydrogens is 398 g/mol. The summed E-state index contributed by atoms with van der Waals surface area (Å²) in [6, 6.07) is 6.90. The second kappa shape index (κ2) is 7.08. The van der Waals surface area contributed by atoms with E-state index in [1.54, 1.807) is 40.3 Å². The quantitative estimate of drug-likeness (QED) is 0.417. The van der Waals surface area contributed by atoms with Gasteiger partial charge in [0.05, 0.1) is 28.9 Å². The van der Waals surface area contributed by atoms with Crippen molar-refractivity contribution in [3.63, 3.8) is 0 Å². The number of nitrogens with zero attached hydrogens (tertiary/aromatic N) is 5. The highest BCUT2D eigenvalue weighted by atomic mass is 16.5. The van der Waals surface area contributed by atoms with Crippen molar-refractivity contribution < 1.29 is 19.1 Å². The Morgan fingerprint density at radius 1 is 1.32 bits per heavy atom. The van der Waals surface area contributed by atoms with E-state index in [4.69, 9.17) is 11.2 Å². The minimum atomic E-state index is -0.731. The van der Waals surface area contributed by atoms with Gasteiger partial charge in [0.15, 0.2) is 0 Å². The number of carbonyl (C=O) groups excluding carboxylic acids is 3. The summed E-state index contributed by atoms with van der Waals surface area (Å²) >= 11 is 0. The van der Waals surface area contributed by atoms with E-state index in [9.17, 15) is 19.6 Å². The first-order valence-electron chi connectivity index (χ1n) is 9.81. The van der Waals surface area contributed by atoms with Gasteiger partial charge in [0.2, 0.25) is 5.91 Å². The Kier molecular flexibility index (Phi) is 4.35. The molecule has 0 radical (unpaired) electrons. The Hall–Kier alpha value is -3.95. The van der Waals surface area contributed by atoms with Gasteiger partial charge >= 0.3 is 6.03 Å². The van der Waals surface area contributed by atoms with Crippen molar-refractivity contribution in [2.75, 3.05) is 24.7 Å². The van der Waals surface area contributed by atoms with Crippen LogP contribution in [0.2, 0.25) is 0 Å². The lowest BCUT2D eigenvalue weighted by Gasteiger charge is -2.34. The van der Waals surface area contributed by atoms with Gasteiger partial charge in [0.1, 0.15) is 25.3 Å². The van der Waals surface area contributed by atoms with Crippen LogP contribution < -0.4 is 4.90 Å². The average Bonchev–Trinajstić information content (AvgIpc) is 3.45. The first kappa shape index (κ1) is 19.0. The van der Waals surface area contributed by atoms with Gasteiger partial charge in [-0.1, -0.05) is 5.92 Å². The number of hydrogen-bond acceptors (Lipinski definition) is 6. The lowest BCUT2D eigenvalue weighted by molar-refractivity contribution is -0.139. The van der Waals surface area contributed by atoms with Crippen molar-refractivity contribution >= 4 is 34.4 Å². The number of rotatable bonds is 4. The van der Waals surface area contributed by atoms with Crippen LogP contribution >= 0.6 is 0 Å². The van der Waals surface area contributed by atoms with Crippen LogP contribution in [0, 0.1) is 23.7 Å². The van der Waals surface area contributed by atoms with E-state index < -0.39 is 18.1 Å². The van der Waals surface area contributed by atoms with Gasteiger partial charge in [-0.05, 0) is 30.7 Å². The molecule has 2 aromatic rings. The van der Waals surface area contributed by atoms with Gasteiger partial charge in [-0.2, -0.15) is 5.26 Å². The third kappa shape index (κ3) is 2.68.